The number of amides is 1. The van der Waals surface area contributed by atoms with Crippen molar-refractivity contribution >= 4 is 44.4 Å². The molecule has 1 saturated heterocycles. The standard InChI is InChI=1S/C13H16BrIN2O/c1-8-7-17(5-4-12(8)16)13(18)10-6-9(15)2-3-11(10)14/h2-3,6,8,12H,4-5,7,16H2,1H3. The first-order valence-electron chi connectivity index (χ1n) is 5.99. The van der Waals surface area contributed by atoms with Crippen molar-refractivity contribution < 1.29 is 4.79 Å². The lowest BCUT2D eigenvalue weighted by atomic mass is 9.94. The number of rotatable bonds is 1. The zero-order chi connectivity index (χ0) is 13.3. The van der Waals surface area contributed by atoms with E-state index in [1.807, 2.05) is 23.1 Å². The van der Waals surface area contributed by atoms with Gasteiger partial charge in [-0.2, -0.15) is 0 Å². The lowest BCUT2D eigenvalue weighted by Crippen LogP contribution is -2.48. The molecule has 18 heavy (non-hydrogen) atoms. The van der Waals surface area contributed by atoms with Crippen molar-refractivity contribution in [1.29, 1.82) is 0 Å². The van der Waals surface area contributed by atoms with Crippen molar-refractivity contribution in [2.24, 2.45) is 11.7 Å². The third-order valence-electron chi connectivity index (χ3n) is 3.42. The molecule has 2 unspecified atom stereocenters. The Hall–Kier alpha value is -0.140. The fourth-order valence-electron chi connectivity index (χ4n) is 2.18. The predicted molar refractivity (Wildman–Crippen MR) is 84.5 cm³/mol. The lowest BCUT2D eigenvalue weighted by molar-refractivity contribution is 0.0663. The normalized spacial score (nSPS) is 24.1. The number of likely N-dealkylation sites (tertiary alicyclic amines) is 1. The second-order valence-electron chi connectivity index (χ2n) is 4.81. The van der Waals surface area contributed by atoms with Gasteiger partial charge in [0.25, 0.3) is 5.91 Å². The highest BCUT2D eigenvalue weighted by Crippen LogP contribution is 2.23. The molecule has 1 heterocycles. The van der Waals surface area contributed by atoms with Crippen LogP contribution in [0.4, 0.5) is 0 Å². The van der Waals surface area contributed by atoms with E-state index in [-0.39, 0.29) is 11.9 Å². The molecule has 0 bridgehead atoms. The summed E-state index contributed by atoms with van der Waals surface area (Å²) < 4.78 is 1.93. The molecule has 0 saturated carbocycles. The fraction of sp³-hybridized carbons (Fsp3) is 0.462. The predicted octanol–water partition coefficient (Wildman–Crippen LogP) is 2.86. The van der Waals surface area contributed by atoms with Gasteiger partial charge in [-0.25, -0.2) is 0 Å². The highest BCUT2D eigenvalue weighted by molar-refractivity contribution is 14.1. The van der Waals surface area contributed by atoms with E-state index in [0.717, 1.165) is 33.1 Å². The Morgan fingerprint density at radius 1 is 1.56 bits per heavy atom. The third-order valence-corrected chi connectivity index (χ3v) is 4.78. The summed E-state index contributed by atoms with van der Waals surface area (Å²) in [7, 11) is 0. The van der Waals surface area contributed by atoms with Gasteiger partial charge in [0.2, 0.25) is 0 Å². The molecule has 0 radical (unpaired) electrons. The first-order chi connectivity index (χ1) is 8.49. The van der Waals surface area contributed by atoms with Crippen LogP contribution in [0.15, 0.2) is 22.7 Å². The van der Waals surface area contributed by atoms with Crippen molar-refractivity contribution in [2.75, 3.05) is 13.1 Å². The Morgan fingerprint density at radius 2 is 2.28 bits per heavy atom. The first-order valence-corrected chi connectivity index (χ1v) is 7.86. The minimum Gasteiger partial charge on any atom is -0.338 e. The van der Waals surface area contributed by atoms with Crippen LogP contribution in [0.5, 0.6) is 0 Å². The number of hydrogen-bond donors (Lipinski definition) is 1. The van der Waals surface area contributed by atoms with Gasteiger partial charge in [-0.1, -0.05) is 6.92 Å². The number of carbonyl (C=O) groups excluding carboxylic acids is 1. The van der Waals surface area contributed by atoms with Gasteiger partial charge in [0, 0.05) is 27.2 Å². The van der Waals surface area contributed by atoms with Crippen LogP contribution in [0, 0.1) is 9.49 Å². The summed E-state index contributed by atoms with van der Waals surface area (Å²) in [5.41, 5.74) is 6.73. The average Bonchev–Trinajstić information content (AvgIpc) is 2.35. The SMILES string of the molecule is CC1CN(C(=O)c2cc(I)ccc2Br)CCC1N. The number of halogens is 2. The van der Waals surface area contributed by atoms with E-state index in [1.54, 1.807) is 0 Å². The van der Waals surface area contributed by atoms with E-state index in [0.29, 0.717) is 5.92 Å². The largest absolute Gasteiger partial charge is 0.338 e. The van der Waals surface area contributed by atoms with Crippen LogP contribution in [0.3, 0.4) is 0 Å². The number of carbonyl (C=O) groups is 1. The van der Waals surface area contributed by atoms with Gasteiger partial charge in [-0.15, -0.1) is 0 Å². The second kappa shape index (κ2) is 5.88. The molecule has 1 fully saturated rings. The van der Waals surface area contributed by atoms with Crippen LogP contribution in [-0.4, -0.2) is 29.9 Å². The van der Waals surface area contributed by atoms with Gasteiger partial charge in [0.15, 0.2) is 0 Å². The van der Waals surface area contributed by atoms with Crippen molar-refractivity contribution in [3.05, 3.63) is 31.8 Å². The molecule has 1 aromatic carbocycles. The molecule has 5 heteroatoms. The average molecular weight is 423 g/mol. The van der Waals surface area contributed by atoms with E-state index in [2.05, 4.69) is 45.4 Å². The molecule has 3 nitrogen and oxygen atoms in total. The number of benzene rings is 1. The molecular formula is C13H16BrIN2O. The van der Waals surface area contributed by atoms with E-state index in [1.165, 1.54) is 0 Å². The van der Waals surface area contributed by atoms with Gasteiger partial charge in [-0.3, -0.25) is 4.79 Å². The number of hydrogen-bond acceptors (Lipinski definition) is 2. The van der Waals surface area contributed by atoms with Crippen LogP contribution in [-0.2, 0) is 0 Å². The molecule has 0 spiro atoms. The number of nitrogens with zero attached hydrogens (tertiary/aromatic N) is 1. The van der Waals surface area contributed by atoms with E-state index in [4.69, 9.17) is 5.73 Å². The Bertz CT molecular complexity index is 466. The Labute approximate surface area is 129 Å². The maximum Gasteiger partial charge on any atom is 0.255 e. The van der Waals surface area contributed by atoms with E-state index in [9.17, 15) is 4.79 Å². The van der Waals surface area contributed by atoms with Gasteiger partial charge >= 0.3 is 0 Å². The molecule has 0 aromatic heterocycles. The monoisotopic (exact) mass is 422 g/mol. The molecule has 1 aliphatic rings. The van der Waals surface area contributed by atoms with Crippen LogP contribution in [0.2, 0.25) is 0 Å². The van der Waals surface area contributed by atoms with E-state index < -0.39 is 0 Å². The van der Waals surface area contributed by atoms with Gasteiger partial charge in [0.05, 0.1) is 5.56 Å². The molecule has 2 rings (SSSR count). The van der Waals surface area contributed by atoms with Crippen molar-refractivity contribution in [2.45, 2.75) is 19.4 Å². The molecular weight excluding hydrogens is 407 g/mol. The maximum absolute atomic E-state index is 12.5. The zero-order valence-electron chi connectivity index (χ0n) is 10.2. The Balaban J connectivity index is 2.19. The third kappa shape index (κ3) is 3.05. The fourth-order valence-corrected chi connectivity index (χ4v) is 3.09. The Kier molecular flexibility index (Phi) is 4.66. The van der Waals surface area contributed by atoms with E-state index >= 15 is 0 Å². The number of piperidine rings is 1. The molecule has 2 atom stereocenters. The summed E-state index contributed by atoms with van der Waals surface area (Å²) in [5, 5.41) is 0. The molecule has 0 aliphatic carbocycles. The molecule has 1 amide bonds. The van der Waals surface area contributed by atoms with Crippen LogP contribution in [0.1, 0.15) is 23.7 Å². The highest BCUT2D eigenvalue weighted by Gasteiger charge is 2.27. The summed E-state index contributed by atoms with van der Waals surface area (Å²) in [5.74, 6) is 0.461. The van der Waals surface area contributed by atoms with Gasteiger partial charge < -0.3 is 10.6 Å². The van der Waals surface area contributed by atoms with Gasteiger partial charge in [-0.05, 0) is 69.1 Å². The van der Waals surface area contributed by atoms with Crippen molar-refractivity contribution in [1.82, 2.24) is 4.90 Å². The lowest BCUT2D eigenvalue weighted by Gasteiger charge is -2.35. The van der Waals surface area contributed by atoms with Crippen LogP contribution >= 0.6 is 38.5 Å². The summed E-state index contributed by atoms with van der Waals surface area (Å²) in [6, 6.07) is 6.05. The molecule has 2 N–H and O–H groups in total. The minimum absolute atomic E-state index is 0.0964. The van der Waals surface area contributed by atoms with Crippen LogP contribution < -0.4 is 5.73 Å². The summed E-state index contributed by atoms with van der Waals surface area (Å²) >= 11 is 5.67. The molecule has 1 aliphatic heterocycles. The topological polar surface area (TPSA) is 46.3 Å². The van der Waals surface area contributed by atoms with Gasteiger partial charge in [0.1, 0.15) is 0 Å². The minimum atomic E-state index is 0.0964. The molecule has 98 valence electrons. The van der Waals surface area contributed by atoms with Crippen molar-refractivity contribution in [3.8, 4) is 0 Å². The van der Waals surface area contributed by atoms with Crippen LogP contribution in [0.25, 0.3) is 0 Å². The molecule has 1 aromatic rings. The smallest absolute Gasteiger partial charge is 0.255 e. The second-order valence-corrected chi connectivity index (χ2v) is 6.91. The quantitative estimate of drug-likeness (QED) is 0.707. The zero-order valence-corrected chi connectivity index (χ0v) is 13.9. The number of nitrogens with two attached hydrogens (primary N) is 1. The first kappa shape index (κ1) is 14.3. The summed E-state index contributed by atoms with van der Waals surface area (Å²) in [4.78, 5) is 14.4. The van der Waals surface area contributed by atoms with Crippen molar-refractivity contribution in [3.63, 3.8) is 0 Å². The summed E-state index contributed by atoms with van der Waals surface area (Å²) in [6.45, 7) is 3.61. The highest BCUT2D eigenvalue weighted by atomic mass is 127. The Morgan fingerprint density at radius 3 is 2.94 bits per heavy atom. The summed E-state index contributed by atoms with van der Waals surface area (Å²) in [6.07, 6.45) is 0.883. The maximum atomic E-state index is 12.5.